The maximum Gasteiger partial charge on any atom is 0.408 e. The Morgan fingerprint density at radius 1 is 1.02 bits per heavy atom. The van der Waals surface area contributed by atoms with Gasteiger partial charge in [-0.15, -0.1) is 0 Å². The zero-order valence-electron chi connectivity index (χ0n) is 34.3. The molecule has 11 atom stereocenters. The molecule has 2 bridgehead atoms. The van der Waals surface area contributed by atoms with Gasteiger partial charge < -0.3 is 49.4 Å². The molecule has 1 amide bonds. The van der Waals surface area contributed by atoms with E-state index in [9.17, 15) is 53.2 Å². The number of benzene rings is 2. The van der Waals surface area contributed by atoms with E-state index in [0.717, 1.165) is 19.1 Å². The van der Waals surface area contributed by atoms with Crippen LogP contribution >= 0.6 is 0 Å². The van der Waals surface area contributed by atoms with Crippen molar-refractivity contribution in [3.05, 3.63) is 82.7 Å². The predicted octanol–water partition coefficient (Wildman–Crippen LogP) is 3.35. The van der Waals surface area contributed by atoms with E-state index in [-0.39, 0.29) is 35.3 Å². The van der Waals surface area contributed by atoms with Gasteiger partial charge in [0.1, 0.15) is 48.1 Å². The normalized spacial score (nSPS) is 33.0. The lowest BCUT2D eigenvalue weighted by Gasteiger charge is -2.67. The number of aliphatic hydroxyl groups excluding tert-OH is 3. The number of alkyl halides is 1. The molecule has 326 valence electrons. The minimum absolute atomic E-state index is 0.0107. The van der Waals surface area contributed by atoms with Crippen LogP contribution < -0.4 is 5.32 Å². The minimum Gasteiger partial charge on any atom is -0.456 e. The smallest absolute Gasteiger partial charge is 0.408 e. The summed E-state index contributed by atoms with van der Waals surface area (Å²) in [6.07, 6.45) is -12.5. The average Bonchev–Trinajstić information content (AvgIpc) is 3.18. The molecule has 6 rings (SSSR count). The Balaban J connectivity index is 1.48. The number of rotatable bonds is 10. The van der Waals surface area contributed by atoms with Crippen LogP contribution in [0.1, 0.15) is 83.3 Å². The lowest BCUT2D eigenvalue weighted by atomic mass is 9.44. The lowest BCUT2D eigenvalue weighted by Crippen LogP contribution is -2.81. The number of halogens is 2. The molecule has 2 aromatic carbocycles. The van der Waals surface area contributed by atoms with Crippen LogP contribution in [0.4, 0.5) is 13.6 Å². The van der Waals surface area contributed by atoms with Crippen molar-refractivity contribution in [2.24, 2.45) is 16.7 Å². The average molecular weight is 844 g/mol. The number of nitrogens with one attached hydrogen (secondary N) is 1. The summed E-state index contributed by atoms with van der Waals surface area (Å²) in [7, 11) is 0. The second kappa shape index (κ2) is 15.9. The number of alkyl carbamates (subject to hydrolysis) is 1. The zero-order valence-corrected chi connectivity index (χ0v) is 34.3. The van der Waals surface area contributed by atoms with E-state index in [1.54, 1.807) is 18.2 Å². The highest BCUT2D eigenvalue weighted by Crippen LogP contribution is 2.64. The molecule has 0 spiro atoms. The second-order valence-corrected chi connectivity index (χ2v) is 17.5. The molecular formula is C43H51F2NO14. The Labute approximate surface area is 345 Å². The Morgan fingerprint density at radius 3 is 2.22 bits per heavy atom. The van der Waals surface area contributed by atoms with Crippen LogP contribution in [0.2, 0.25) is 0 Å². The molecule has 0 radical (unpaired) electrons. The van der Waals surface area contributed by atoms with Crippen molar-refractivity contribution >= 4 is 29.8 Å². The van der Waals surface area contributed by atoms with Gasteiger partial charge in [-0.2, -0.15) is 0 Å². The second-order valence-electron chi connectivity index (χ2n) is 17.5. The Hall–Kier alpha value is -4.81. The first-order valence-corrected chi connectivity index (χ1v) is 19.6. The van der Waals surface area contributed by atoms with Gasteiger partial charge in [-0.25, -0.2) is 23.2 Å². The fourth-order valence-electron chi connectivity index (χ4n) is 9.57. The number of ketones is 1. The molecule has 60 heavy (non-hydrogen) atoms. The van der Waals surface area contributed by atoms with Gasteiger partial charge in [0.2, 0.25) is 0 Å². The third-order valence-electron chi connectivity index (χ3n) is 12.9. The van der Waals surface area contributed by atoms with Crippen LogP contribution in [0.5, 0.6) is 0 Å². The standard InChI is InChI=1S/C43H51F2NO14/c1-21-26(57-37(53)32(50)30(23-13-15-25(45)16-14-23)46-38(54)60-39(3,4)19-44)18-43(55)35(58-36(52)24-11-9-8-10-12-24)33-41(7,34(51)31(49)29(21)40(43,5)6)27(48)17-28-42(33,20-56-28)59-22(2)47/h8-16,26-28,30-33,35,48-50,55H,17-20H2,1-7H3,(H,46,54)/t26-,27-,28+,30-,31+,32+,33-,35-,41+,42-,43+/m0/s1. The molecule has 0 aromatic heterocycles. The topological polar surface area (TPSA) is 224 Å². The van der Waals surface area contributed by atoms with Crippen molar-refractivity contribution in [3.63, 3.8) is 0 Å². The van der Waals surface area contributed by atoms with Gasteiger partial charge in [0.25, 0.3) is 0 Å². The summed E-state index contributed by atoms with van der Waals surface area (Å²) in [6.45, 7) is 8.04. The van der Waals surface area contributed by atoms with Crippen molar-refractivity contribution < 1.29 is 76.9 Å². The zero-order chi connectivity index (χ0) is 44.3. The van der Waals surface area contributed by atoms with Gasteiger partial charge in [0.15, 0.2) is 17.5 Å². The molecule has 1 saturated heterocycles. The highest BCUT2D eigenvalue weighted by atomic mass is 19.1. The Morgan fingerprint density at radius 2 is 1.65 bits per heavy atom. The fourth-order valence-corrected chi connectivity index (χ4v) is 9.57. The van der Waals surface area contributed by atoms with Crippen molar-refractivity contribution in [1.29, 1.82) is 0 Å². The van der Waals surface area contributed by atoms with Crippen molar-refractivity contribution in [1.82, 2.24) is 5.32 Å². The number of Topliss-reactive ketones (excluding diaryl/α,β-unsaturated/α-hetero) is 1. The van der Waals surface area contributed by atoms with Gasteiger partial charge >= 0.3 is 24.0 Å². The quantitative estimate of drug-likeness (QED) is 0.132. The predicted molar refractivity (Wildman–Crippen MR) is 204 cm³/mol. The molecular weight excluding hydrogens is 792 g/mol. The summed E-state index contributed by atoms with van der Waals surface area (Å²) < 4.78 is 56.6. The van der Waals surface area contributed by atoms with Crippen molar-refractivity contribution in [2.75, 3.05) is 13.3 Å². The van der Waals surface area contributed by atoms with E-state index in [4.69, 9.17) is 23.7 Å². The first-order valence-electron chi connectivity index (χ1n) is 19.6. The van der Waals surface area contributed by atoms with Crippen LogP contribution in [0.25, 0.3) is 0 Å². The summed E-state index contributed by atoms with van der Waals surface area (Å²) in [5.41, 5.74) is -9.61. The van der Waals surface area contributed by atoms with E-state index >= 15 is 0 Å². The van der Waals surface area contributed by atoms with Crippen LogP contribution in [0, 0.1) is 22.6 Å². The number of aliphatic hydroxyl groups is 4. The number of carbonyl (C=O) groups excluding carboxylic acids is 5. The highest BCUT2D eigenvalue weighted by molar-refractivity contribution is 5.94. The SMILES string of the molecule is CC(=O)O[C@@]12CO[C@@H]1C[C@H](O)[C@@]1(C)C(=O)[C@H](O)C3=C(C)[C@@H](OC(=O)[C@H](O)[C@@H](NC(=O)OC(C)(C)CF)c4ccc(F)cc4)C[C@@](O)([C@@H](OC(=O)c4ccccc4)[C@H]21)C3(C)C. The first-order chi connectivity index (χ1) is 27.9. The van der Waals surface area contributed by atoms with Gasteiger partial charge in [0, 0.05) is 25.2 Å². The number of ether oxygens (including phenoxy) is 5. The molecule has 1 aliphatic heterocycles. The van der Waals surface area contributed by atoms with E-state index in [2.05, 4.69) is 5.32 Å². The molecule has 17 heteroatoms. The van der Waals surface area contributed by atoms with Gasteiger partial charge in [-0.05, 0) is 68.7 Å². The van der Waals surface area contributed by atoms with Crippen molar-refractivity contribution in [3.8, 4) is 0 Å². The van der Waals surface area contributed by atoms with E-state index in [1.165, 1.54) is 65.8 Å². The Kier molecular flexibility index (Phi) is 11.9. The molecule has 5 N–H and O–H groups in total. The Bertz CT molecular complexity index is 2060. The molecule has 2 saturated carbocycles. The summed E-state index contributed by atoms with van der Waals surface area (Å²) in [5, 5.41) is 51.2. The molecule has 3 aliphatic carbocycles. The molecule has 3 fully saturated rings. The van der Waals surface area contributed by atoms with Gasteiger partial charge in [0.05, 0.1) is 35.6 Å². The van der Waals surface area contributed by atoms with Crippen LogP contribution in [0.15, 0.2) is 65.7 Å². The number of amides is 1. The number of fused-ring (bicyclic) bond motifs is 5. The van der Waals surface area contributed by atoms with E-state index < -0.39 is 125 Å². The van der Waals surface area contributed by atoms with E-state index in [0.29, 0.717) is 0 Å². The van der Waals surface area contributed by atoms with Gasteiger partial charge in [-0.3, -0.25) is 9.59 Å². The minimum atomic E-state index is -2.43. The van der Waals surface area contributed by atoms with E-state index in [1.807, 2.05) is 0 Å². The molecule has 1 heterocycles. The summed E-state index contributed by atoms with van der Waals surface area (Å²) in [6, 6.07) is 10.4. The van der Waals surface area contributed by atoms with Crippen LogP contribution in [-0.4, -0.2) is 117 Å². The number of hydrogen-bond donors (Lipinski definition) is 5. The van der Waals surface area contributed by atoms with Crippen molar-refractivity contribution in [2.45, 2.75) is 121 Å². The van der Waals surface area contributed by atoms with Gasteiger partial charge in [-0.1, -0.05) is 44.2 Å². The van der Waals surface area contributed by atoms with Crippen LogP contribution in [-0.2, 0) is 38.1 Å². The summed E-state index contributed by atoms with van der Waals surface area (Å²) in [5.74, 6) is -6.41. The monoisotopic (exact) mass is 843 g/mol. The molecule has 0 unspecified atom stereocenters. The number of hydrogen-bond acceptors (Lipinski definition) is 14. The molecule has 15 nitrogen and oxygen atoms in total. The summed E-state index contributed by atoms with van der Waals surface area (Å²) >= 11 is 0. The third kappa shape index (κ3) is 7.37. The maximum absolute atomic E-state index is 14.9. The summed E-state index contributed by atoms with van der Waals surface area (Å²) in [4.78, 5) is 68.9. The maximum atomic E-state index is 14.9. The lowest BCUT2D eigenvalue weighted by molar-refractivity contribution is -0.346. The fraction of sp³-hybridized carbons (Fsp3) is 0.558. The van der Waals surface area contributed by atoms with Crippen LogP contribution in [0.3, 0.4) is 0 Å². The number of esters is 3. The molecule has 2 aromatic rings. The highest BCUT2D eigenvalue weighted by Gasteiger charge is 2.78. The number of carbonyl (C=O) groups is 5. The first kappa shape index (κ1) is 44.7. The molecule has 4 aliphatic rings. The largest absolute Gasteiger partial charge is 0.456 e. The third-order valence-corrected chi connectivity index (χ3v) is 12.9.